The summed E-state index contributed by atoms with van der Waals surface area (Å²) in [6, 6.07) is 7.17. The highest BCUT2D eigenvalue weighted by Gasteiger charge is 2.26. The lowest BCUT2D eigenvalue weighted by atomic mass is 10.1. The number of hydrogen-bond acceptors (Lipinski definition) is 4. The molecule has 1 heterocycles. The molecule has 5 nitrogen and oxygen atoms in total. The van der Waals surface area contributed by atoms with E-state index in [1.54, 1.807) is 31.5 Å². The maximum atomic E-state index is 12.3. The van der Waals surface area contributed by atoms with Crippen molar-refractivity contribution in [2.75, 3.05) is 4.72 Å². The molecule has 7 heteroatoms. The molecule has 106 valence electrons. The zero-order valence-corrected chi connectivity index (χ0v) is 12.5. The lowest BCUT2D eigenvalue weighted by molar-refractivity contribution is 0.594. The number of hydrogen-bond donors (Lipinski definition) is 2. The van der Waals surface area contributed by atoms with Gasteiger partial charge < -0.3 is 5.73 Å². The highest BCUT2D eigenvalue weighted by Crippen LogP contribution is 2.24. The van der Waals surface area contributed by atoms with Gasteiger partial charge in [0, 0.05) is 17.8 Å². The van der Waals surface area contributed by atoms with Crippen molar-refractivity contribution in [3.8, 4) is 0 Å². The van der Waals surface area contributed by atoms with E-state index in [9.17, 15) is 8.42 Å². The van der Waals surface area contributed by atoms with Gasteiger partial charge in [-0.1, -0.05) is 31.3 Å². The molecule has 20 heavy (non-hydrogen) atoms. The van der Waals surface area contributed by atoms with Crippen LogP contribution in [0.3, 0.4) is 0 Å². The minimum absolute atomic E-state index is 0.0293. The summed E-state index contributed by atoms with van der Waals surface area (Å²) in [6.07, 6.45) is 3.60. The van der Waals surface area contributed by atoms with Crippen molar-refractivity contribution < 1.29 is 8.42 Å². The number of nitrogens with two attached hydrogens (primary N) is 1. The molecular formula is C13H15N3O2S2. The lowest BCUT2D eigenvalue weighted by Gasteiger charge is -2.17. The van der Waals surface area contributed by atoms with Gasteiger partial charge in [0.1, 0.15) is 5.25 Å². The topological polar surface area (TPSA) is 85.1 Å². The second-order valence-electron chi connectivity index (χ2n) is 4.35. The summed E-state index contributed by atoms with van der Waals surface area (Å²) < 4.78 is 27.2. The Balaban J connectivity index is 2.44. The lowest BCUT2D eigenvalue weighted by Crippen LogP contribution is -2.37. The van der Waals surface area contributed by atoms with Crippen molar-refractivity contribution in [2.24, 2.45) is 5.73 Å². The number of nitrogens with one attached hydrogen (secondary N) is 1. The third kappa shape index (κ3) is 2.88. The summed E-state index contributed by atoms with van der Waals surface area (Å²) in [5.74, 6) is 0. The molecule has 0 radical (unpaired) electrons. The SMILES string of the molecule is CCC(C(N)=S)S(=O)(=O)Nc1cccc2ccncc12. The van der Waals surface area contributed by atoms with Crippen LogP contribution in [0, 0.1) is 0 Å². The smallest absolute Gasteiger partial charge is 0.242 e. The predicted octanol–water partition coefficient (Wildman–Crippen LogP) is 2.04. The van der Waals surface area contributed by atoms with E-state index in [4.69, 9.17) is 18.0 Å². The first-order chi connectivity index (χ1) is 9.45. The Bertz CT molecular complexity index is 739. The molecule has 1 aromatic heterocycles. The van der Waals surface area contributed by atoms with Crippen molar-refractivity contribution in [3.63, 3.8) is 0 Å². The highest BCUT2D eigenvalue weighted by molar-refractivity contribution is 7.95. The van der Waals surface area contributed by atoms with Crippen molar-refractivity contribution in [3.05, 3.63) is 36.7 Å². The van der Waals surface area contributed by atoms with Crippen LogP contribution in [0.2, 0.25) is 0 Å². The average Bonchev–Trinajstić information content (AvgIpc) is 2.38. The van der Waals surface area contributed by atoms with Crippen molar-refractivity contribution in [2.45, 2.75) is 18.6 Å². The van der Waals surface area contributed by atoms with Gasteiger partial charge in [0.2, 0.25) is 10.0 Å². The molecule has 3 N–H and O–H groups in total. The van der Waals surface area contributed by atoms with Gasteiger partial charge in [-0.2, -0.15) is 0 Å². The Morgan fingerprint density at radius 1 is 1.45 bits per heavy atom. The zero-order chi connectivity index (χ0) is 14.8. The standard InChI is InChI=1S/C13H15N3O2S2/c1-2-12(13(14)19)20(17,18)16-11-5-3-4-9-6-7-15-8-10(9)11/h3-8,12,16H,2H2,1H3,(H2,14,19). The number of rotatable bonds is 5. The largest absolute Gasteiger partial charge is 0.392 e. The zero-order valence-electron chi connectivity index (χ0n) is 10.9. The molecule has 2 rings (SSSR count). The molecule has 0 amide bonds. The molecule has 1 unspecified atom stereocenters. The van der Waals surface area contributed by atoms with E-state index in [1.165, 1.54) is 0 Å². The summed E-state index contributed by atoms with van der Waals surface area (Å²) >= 11 is 4.82. The van der Waals surface area contributed by atoms with Gasteiger partial charge in [0.15, 0.2) is 0 Å². The van der Waals surface area contributed by atoms with E-state index in [0.717, 1.165) is 10.8 Å². The molecule has 0 spiro atoms. The molecule has 0 fully saturated rings. The van der Waals surface area contributed by atoms with Crippen LogP contribution in [0.4, 0.5) is 5.69 Å². The first-order valence-electron chi connectivity index (χ1n) is 6.09. The Morgan fingerprint density at radius 2 is 2.20 bits per heavy atom. The van der Waals surface area contributed by atoms with Gasteiger partial charge >= 0.3 is 0 Å². The van der Waals surface area contributed by atoms with Gasteiger partial charge in [-0.15, -0.1) is 0 Å². The van der Waals surface area contributed by atoms with Crippen LogP contribution < -0.4 is 10.5 Å². The van der Waals surface area contributed by atoms with Crippen LogP contribution >= 0.6 is 12.2 Å². The fraction of sp³-hybridized carbons (Fsp3) is 0.231. The number of benzene rings is 1. The number of anilines is 1. The van der Waals surface area contributed by atoms with Crippen LogP contribution in [-0.2, 0) is 10.0 Å². The molecule has 0 saturated heterocycles. The summed E-state index contributed by atoms with van der Waals surface area (Å²) in [6.45, 7) is 1.73. The summed E-state index contributed by atoms with van der Waals surface area (Å²) in [5, 5.41) is 0.754. The number of aromatic nitrogens is 1. The van der Waals surface area contributed by atoms with Crippen LogP contribution in [0.1, 0.15) is 13.3 Å². The quantitative estimate of drug-likeness (QED) is 0.826. The van der Waals surface area contributed by atoms with Gasteiger partial charge in [0.25, 0.3) is 0 Å². The van der Waals surface area contributed by atoms with Gasteiger partial charge in [-0.25, -0.2) is 8.42 Å². The fourth-order valence-corrected chi connectivity index (χ4v) is 3.92. The number of fused-ring (bicyclic) bond motifs is 1. The molecular weight excluding hydrogens is 294 g/mol. The van der Waals surface area contributed by atoms with Gasteiger partial charge in [0.05, 0.1) is 10.7 Å². The van der Waals surface area contributed by atoms with E-state index in [2.05, 4.69) is 9.71 Å². The maximum Gasteiger partial charge on any atom is 0.242 e. The summed E-state index contributed by atoms with van der Waals surface area (Å²) in [4.78, 5) is 3.99. The third-order valence-corrected chi connectivity index (χ3v) is 5.27. The molecule has 2 aromatic rings. The van der Waals surface area contributed by atoms with E-state index in [-0.39, 0.29) is 4.99 Å². The molecule has 0 saturated carbocycles. The first-order valence-corrected chi connectivity index (χ1v) is 8.05. The molecule has 1 atom stereocenters. The average molecular weight is 309 g/mol. The number of pyridine rings is 1. The van der Waals surface area contributed by atoms with E-state index in [1.807, 2.05) is 12.1 Å². The van der Waals surface area contributed by atoms with Crippen molar-refractivity contribution in [1.29, 1.82) is 0 Å². The third-order valence-electron chi connectivity index (χ3n) is 3.00. The van der Waals surface area contributed by atoms with E-state index >= 15 is 0 Å². The normalized spacial score (nSPS) is 13.1. The predicted molar refractivity (Wildman–Crippen MR) is 85.1 cm³/mol. The second-order valence-corrected chi connectivity index (χ2v) is 6.68. The number of nitrogens with zero attached hydrogens (tertiary/aromatic N) is 1. The van der Waals surface area contributed by atoms with Gasteiger partial charge in [-0.05, 0) is 23.9 Å². The maximum absolute atomic E-state index is 12.3. The Hall–Kier alpha value is -1.73. The molecule has 0 bridgehead atoms. The van der Waals surface area contributed by atoms with E-state index in [0.29, 0.717) is 12.1 Å². The molecule has 0 aliphatic heterocycles. The Kier molecular flexibility index (Phi) is 4.20. The van der Waals surface area contributed by atoms with Crippen LogP contribution in [0.5, 0.6) is 0 Å². The minimum atomic E-state index is -3.66. The summed E-state index contributed by atoms with van der Waals surface area (Å²) in [7, 11) is -3.66. The Labute approximate surface area is 123 Å². The first kappa shape index (κ1) is 14.7. The van der Waals surface area contributed by atoms with Crippen LogP contribution in [0.25, 0.3) is 10.8 Å². The molecule has 1 aromatic carbocycles. The van der Waals surface area contributed by atoms with E-state index < -0.39 is 15.3 Å². The van der Waals surface area contributed by atoms with Crippen molar-refractivity contribution >= 4 is 43.7 Å². The minimum Gasteiger partial charge on any atom is -0.392 e. The van der Waals surface area contributed by atoms with Crippen LogP contribution in [0.15, 0.2) is 36.7 Å². The van der Waals surface area contributed by atoms with Crippen LogP contribution in [-0.4, -0.2) is 23.6 Å². The highest BCUT2D eigenvalue weighted by atomic mass is 32.2. The van der Waals surface area contributed by atoms with Gasteiger partial charge in [-0.3, -0.25) is 9.71 Å². The number of sulfonamides is 1. The number of thiocarbonyl (C=S) groups is 1. The van der Waals surface area contributed by atoms with Crippen molar-refractivity contribution in [1.82, 2.24) is 4.98 Å². The Morgan fingerprint density at radius 3 is 2.85 bits per heavy atom. The molecule has 0 aliphatic rings. The fourth-order valence-electron chi connectivity index (χ4n) is 2.00. The summed E-state index contributed by atoms with van der Waals surface area (Å²) in [5.41, 5.74) is 5.98. The molecule has 0 aliphatic carbocycles. The second kappa shape index (κ2) is 5.72. The monoisotopic (exact) mass is 309 g/mol.